The maximum absolute atomic E-state index is 12.2. The standard InChI is InChI=1S/C20H24N4O/c25-20(22-13-11-16-6-2-1-3-7-16)19-10-9-18(15-24-19)23-14-17-8-4-5-12-21-17/h4-6,8-10,12,15,23H,1-3,7,11,13-14H2,(H,22,25). The van der Waals surface area contributed by atoms with Crippen LogP contribution in [0.1, 0.15) is 48.3 Å². The first-order valence-corrected chi connectivity index (χ1v) is 8.87. The first-order valence-electron chi connectivity index (χ1n) is 8.87. The average molecular weight is 336 g/mol. The second-order valence-corrected chi connectivity index (χ2v) is 6.22. The number of aromatic nitrogens is 2. The van der Waals surface area contributed by atoms with Crippen LogP contribution >= 0.6 is 0 Å². The highest BCUT2D eigenvalue weighted by atomic mass is 16.1. The van der Waals surface area contributed by atoms with Crippen LogP contribution in [-0.4, -0.2) is 22.4 Å². The Morgan fingerprint density at radius 3 is 2.80 bits per heavy atom. The zero-order chi connectivity index (χ0) is 17.3. The Hall–Kier alpha value is -2.69. The molecule has 2 N–H and O–H groups in total. The molecule has 1 aliphatic carbocycles. The lowest BCUT2D eigenvalue weighted by molar-refractivity contribution is 0.0949. The van der Waals surface area contributed by atoms with Crippen molar-refractivity contribution >= 4 is 11.6 Å². The second-order valence-electron chi connectivity index (χ2n) is 6.22. The minimum absolute atomic E-state index is 0.118. The summed E-state index contributed by atoms with van der Waals surface area (Å²) >= 11 is 0. The molecule has 3 rings (SSSR count). The normalized spacial score (nSPS) is 13.8. The fourth-order valence-corrected chi connectivity index (χ4v) is 2.89. The van der Waals surface area contributed by atoms with Crippen molar-refractivity contribution in [2.75, 3.05) is 11.9 Å². The van der Waals surface area contributed by atoms with Gasteiger partial charge in [0.2, 0.25) is 0 Å². The SMILES string of the molecule is O=C(NCCC1=CCCCC1)c1ccc(NCc2ccccn2)cn1. The number of carbonyl (C=O) groups is 1. The van der Waals surface area contributed by atoms with Gasteiger partial charge in [-0.15, -0.1) is 0 Å². The molecule has 0 spiro atoms. The van der Waals surface area contributed by atoms with Gasteiger partial charge >= 0.3 is 0 Å². The van der Waals surface area contributed by atoms with E-state index in [1.165, 1.54) is 31.3 Å². The zero-order valence-electron chi connectivity index (χ0n) is 14.4. The van der Waals surface area contributed by atoms with Crippen LogP contribution in [0.25, 0.3) is 0 Å². The number of carbonyl (C=O) groups excluding carboxylic acids is 1. The van der Waals surface area contributed by atoms with Crippen LogP contribution < -0.4 is 10.6 Å². The third-order valence-corrected chi connectivity index (χ3v) is 4.31. The van der Waals surface area contributed by atoms with Crippen molar-refractivity contribution in [2.24, 2.45) is 0 Å². The third kappa shape index (κ3) is 5.41. The molecule has 2 aromatic heterocycles. The molecule has 130 valence electrons. The molecule has 5 heteroatoms. The van der Waals surface area contributed by atoms with E-state index in [0.29, 0.717) is 18.8 Å². The van der Waals surface area contributed by atoms with Gasteiger partial charge < -0.3 is 10.6 Å². The highest BCUT2D eigenvalue weighted by molar-refractivity contribution is 5.92. The molecule has 0 radical (unpaired) electrons. The number of pyridine rings is 2. The van der Waals surface area contributed by atoms with E-state index in [9.17, 15) is 4.79 Å². The fraction of sp³-hybridized carbons (Fsp3) is 0.350. The second kappa shape index (κ2) is 8.97. The predicted octanol–water partition coefficient (Wildman–Crippen LogP) is 3.71. The zero-order valence-corrected chi connectivity index (χ0v) is 14.4. The Bertz CT molecular complexity index is 710. The van der Waals surface area contributed by atoms with Crippen LogP contribution in [-0.2, 0) is 6.54 Å². The van der Waals surface area contributed by atoms with Crippen molar-refractivity contribution in [1.29, 1.82) is 0 Å². The molecule has 0 saturated carbocycles. The minimum Gasteiger partial charge on any atom is -0.378 e. The van der Waals surface area contributed by atoms with Crippen molar-refractivity contribution in [3.63, 3.8) is 0 Å². The number of allylic oxidation sites excluding steroid dienone is 1. The lowest BCUT2D eigenvalue weighted by Gasteiger charge is -2.13. The van der Waals surface area contributed by atoms with Gasteiger partial charge in [0.1, 0.15) is 5.69 Å². The largest absolute Gasteiger partial charge is 0.378 e. The van der Waals surface area contributed by atoms with Crippen molar-refractivity contribution < 1.29 is 4.79 Å². The quantitative estimate of drug-likeness (QED) is 0.757. The number of hydrogen-bond donors (Lipinski definition) is 2. The van der Waals surface area contributed by atoms with E-state index in [-0.39, 0.29) is 5.91 Å². The molecule has 2 heterocycles. The summed E-state index contributed by atoms with van der Waals surface area (Å²) in [5.41, 5.74) is 3.74. The Morgan fingerprint density at radius 2 is 2.08 bits per heavy atom. The lowest BCUT2D eigenvalue weighted by Crippen LogP contribution is -2.25. The van der Waals surface area contributed by atoms with Crippen molar-refractivity contribution in [2.45, 2.75) is 38.6 Å². The number of nitrogens with one attached hydrogen (secondary N) is 2. The number of amides is 1. The van der Waals surface area contributed by atoms with Gasteiger partial charge in [-0.1, -0.05) is 17.7 Å². The molecule has 0 aromatic carbocycles. The van der Waals surface area contributed by atoms with Crippen LogP contribution in [0.4, 0.5) is 5.69 Å². The van der Waals surface area contributed by atoms with Crippen molar-refractivity contribution in [1.82, 2.24) is 15.3 Å². The summed E-state index contributed by atoms with van der Waals surface area (Å²) < 4.78 is 0. The third-order valence-electron chi connectivity index (χ3n) is 4.31. The average Bonchev–Trinajstić information content (AvgIpc) is 2.68. The molecule has 0 saturated heterocycles. The van der Waals surface area contributed by atoms with Crippen molar-refractivity contribution in [3.05, 3.63) is 65.8 Å². The monoisotopic (exact) mass is 336 g/mol. The Balaban J connectivity index is 1.44. The van der Waals surface area contributed by atoms with Gasteiger partial charge in [0.25, 0.3) is 5.91 Å². The van der Waals surface area contributed by atoms with Gasteiger partial charge in [-0.05, 0) is 56.4 Å². The Labute approximate surface area is 148 Å². The molecular formula is C20H24N4O. The molecule has 0 fully saturated rings. The van der Waals surface area contributed by atoms with Crippen LogP contribution in [0.2, 0.25) is 0 Å². The molecule has 1 amide bonds. The highest BCUT2D eigenvalue weighted by Crippen LogP contribution is 2.19. The minimum atomic E-state index is -0.118. The van der Waals surface area contributed by atoms with E-state index in [1.54, 1.807) is 18.5 Å². The van der Waals surface area contributed by atoms with Crippen LogP contribution in [0.3, 0.4) is 0 Å². The van der Waals surface area contributed by atoms with E-state index in [4.69, 9.17) is 0 Å². The van der Waals surface area contributed by atoms with Gasteiger partial charge in [0, 0.05) is 12.7 Å². The lowest BCUT2D eigenvalue weighted by atomic mass is 9.97. The first-order chi connectivity index (χ1) is 12.3. The predicted molar refractivity (Wildman–Crippen MR) is 99.3 cm³/mol. The Morgan fingerprint density at radius 1 is 1.12 bits per heavy atom. The molecule has 0 bridgehead atoms. The van der Waals surface area contributed by atoms with E-state index in [1.807, 2.05) is 24.3 Å². The number of nitrogens with zero attached hydrogens (tertiary/aromatic N) is 2. The van der Waals surface area contributed by atoms with Gasteiger partial charge in [-0.25, -0.2) is 4.98 Å². The molecule has 1 aliphatic rings. The van der Waals surface area contributed by atoms with Crippen molar-refractivity contribution in [3.8, 4) is 0 Å². The maximum atomic E-state index is 12.2. The number of rotatable bonds is 7. The molecule has 2 aromatic rings. The summed E-state index contributed by atoms with van der Waals surface area (Å²) in [4.78, 5) is 20.7. The smallest absolute Gasteiger partial charge is 0.269 e. The van der Waals surface area contributed by atoms with E-state index in [2.05, 4.69) is 26.7 Å². The van der Waals surface area contributed by atoms with Crippen LogP contribution in [0, 0.1) is 0 Å². The van der Waals surface area contributed by atoms with E-state index >= 15 is 0 Å². The highest BCUT2D eigenvalue weighted by Gasteiger charge is 2.08. The molecule has 25 heavy (non-hydrogen) atoms. The van der Waals surface area contributed by atoms with E-state index < -0.39 is 0 Å². The van der Waals surface area contributed by atoms with Gasteiger partial charge in [-0.2, -0.15) is 0 Å². The summed E-state index contributed by atoms with van der Waals surface area (Å²) in [6.45, 7) is 1.30. The van der Waals surface area contributed by atoms with Gasteiger partial charge in [-0.3, -0.25) is 9.78 Å². The van der Waals surface area contributed by atoms with Crippen LogP contribution in [0.5, 0.6) is 0 Å². The number of anilines is 1. The number of hydrogen-bond acceptors (Lipinski definition) is 4. The molecule has 0 aliphatic heterocycles. The summed E-state index contributed by atoms with van der Waals surface area (Å²) in [6, 6.07) is 9.43. The fourth-order valence-electron chi connectivity index (χ4n) is 2.89. The first kappa shape index (κ1) is 17.1. The molecule has 0 atom stereocenters. The van der Waals surface area contributed by atoms with Crippen LogP contribution in [0.15, 0.2) is 54.4 Å². The van der Waals surface area contributed by atoms with E-state index in [0.717, 1.165) is 17.8 Å². The topological polar surface area (TPSA) is 66.9 Å². The van der Waals surface area contributed by atoms with Gasteiger partial charge in [0.05, 0.1) is 24.1 Å². The summed E-state index contributed by atoms with van der Waals surface area (Å²) in [6.07, 6.45) is 11.6. The summed E-state index contributed by atoms with van der Waals surface area (Å²) in [5.74, 6) is -0.118. The molecule has 0 unspecified atom stereocenters. The summed E-state index contributed by atoms with van der Waals surface area (Å²) in [5, 5.41) is 6.20. The molecular weight excluding hydrogens is 312 g/mol. The Kier molecular flexibility index (Phi) is 6.15. The maximum Gasteiger partial charge on any atom is 0.269 e. The van der Waals surface area contributed by atoms with Gasteiger partial charge in [0.15, 0.2) is 0 Å². The molecule has 5 nitrogen and oxygen atoms in total. The summed E-state index contributed by atoms with van der Waals surface area (Å²) in [7, 11) is 0.